The number of amides is 2. The maximum atomic E-state index is 12.1. The molecule has 1 aromatic carbocycles. The molecular formula is C15H17BrN4O3S. The summed E-state index contributed by atoms with van der Waals surface area (Å²) in [5.74, 6) is 0.747. The number of nitrogens with zero attached hydrogens (tertiary/aromatic N) is 4. The summed E-state index contributed by atoms with van der Waals surface area (Å²) in [6, 6.07) is 9.21. The van der Waals surface area contributed by atoms with Crippen LogP contribution in [0.2, 0.25) is 0 Å². The number of urea groups is 1. The predicted molar refractivity (Wildman–Crippen MR) is 94.6 cm³/mol. The average Bonchev–Trinajstić information content (AvgIpc) is 3.13. The monoisotopic (exact) mass is 412 g/mol. The Morgan fingerprint density at radius 1 is 1.42 bits per heavy atom. The summed E-state index contributed by atoms with van der Waals surface area (Å²) in [6.45, 7) is 0.249. The SMILES string of the molecule is CN1CC(O)N(c2nnc(C(CCBr)Oc3ccccc3)s2)C1=O. The van der Waals surface area contributed by atoms with Gasteiger partial charge in [-0.15, -0.1) is 10.2 Å². The summed E-state index contributed by atoms with van der Waals surface area (Å²) in [7, 11) is 1.64. The second-order valence-electron chi connectivity index (χ2n) is 5.33. The van der Waals surface area contributed by atoms with E-state index in [0.717, 1.165) is 11.1 Å². The number of likely N-dealkylation sites (N-methyl/N-ethyl adjacent to an activating group) is 1. The van der Waals surface area contributed by atoms with Crippen molar-refractivity contribution in [2.75, 3.05) is 23.8 Å². The molecule has 2 heterocycles. The van der Waals surface area contributed by atoms with Gasteiger partial charge >= 0.3 is 6.03 Å². The summed E-state index contributed by atoms with van der Waals surface area (Å²) in [4.78, 5) is 14.8. The Balaban J connectivity index is 1.80. The second kappa shape index (κ2) is 7.45. The summed E-state index contributed by atoms with van der Waals surface area (Å²) in [5, 5.41) is 20.1. The van der Waals surface area contributed by atoms with Gasteiger partial charge in [-0.2, -0.15) is 0 Å². The minimum atomic E-state index is -0.909. The van der Waals surface area contributed by atoms with Crippen molar-refractivity contribution in [3.8, 4) is 5.75 Å². The number of carbonyl (C=O) groups excluding carboxylic acids is 1. The Bertz CT molecular complexity index is 699. The second-order valence-corrected chi connectivity index (χ2v) is 7.11. The number of β-amino-alcohol motifs (C(OH)–C–C–N with tert-alkyl or cyclic N) is 1. The number of halogens is 1. The minimum absolute atomic E-state index is 0.249. The quantitative estimate of drug-likeness (QED) is 0.737. The number of anilines is 1. The number of aliphatic hydroxyl groups is 1. The van der Waals surface area contributed by atoms with Gasteiger partial charge in [-0.3, -0.25) is 0 Å². The first kappa shape index (κ1) is 17.1. The Kier molecular flexibility index (Phi) is 5.32. The molecule has 0 spiro atoms. The third kappa shape index (κ3) is 3.52. The van der Waals surface area contributed by atoms with Crippen molar-refractivity contribution < 1.29 is 14.6 Å². The first-order valence-electron chi connectivity index (χ1n) is 7.43. The molecule has 1 aromatic heterocycles. The lowest BCUT2D eigenvalue weighted by atomic mass is 10.3. The predicted octanol–water partition coefficient (Wildman–Crippen LogP) is 2.63. The van der Waals surface area contributed by atoms with E-state index in [-0.39, 0.29) is 18.7 Å². The molecule has 2 aromatic rings. The Labute approximate surface area is 152 Å². The molecule has 2 atom stereocenters. The van der Waals surface area contributed by atoms with E-state index in [4.69, 9.17) is 4.74 Å². The van der Waals surface area contributed by atoms with Gasteiger partial charge in [0.05, 0.1) is 6.54 Å². The Hall–Kier alpha value is -1.71. The van der Waals surface area contributed by atoms with E-state index < -0.39 is 6.23 Å². The van der Waals surface area contributed by atoms with Crippen molar-refractivity contribution in [1.29, 1.82) is 0 Å². The van der Waals surface area contributed by atoms with Gasteiger partial charge in [-0.1, -0.05) is 45.5 Å². The van der Waals surface area contributed by atoms with Gasteiger partial charge in [-0.05, 0) is 12.1 Å². The van der Waals surface area contributed by atoms with Crippen molar-refractivity contribution in [3.05, 3.63) is 35.3 Å². The fourth-order valence-electron chi connectivity index (χ4n) is 2.37. The van der Waals surface area contributed by atoms with Crippen LogP contribution >= 0.6 is 27.3 Å². The van der Waals surface area contributed by atoms with E-state index >= 15 is 0 Å². The molecule has 24 heavy (non-hydrogen) atoms. The van der Waals surface area contributed by atoms with Crippen LogP contribution in [-0.4, -0.2) is 51.4 Å². The molecule has 0 aliphatic carbocycles. The molecule has 9 heteroatoms. The van der Waals surface area contributed by atoms with Crippen LogP contribution in [0.25, 0.3) is 0 Å². The van der Waals surface area contributed by atoms with Crippen molar-refractivity contribution in [2.45, 2.75) is 18.8 Å². The third-order valence-electron chi connectivity index (χ3n) is 3.57. The molecule has 128 valence electrons. The molecule has 1 aliphatic heterocycles. The van der Waals surface area contributed by atoms with E-state index in [2.05, 4.69) is 26.1 Å². The van der Waals surface area contributed by atoms with Crippen molar-refractivity contribution in [3.63, 3.8) is 0 Å². The average molecular weight is 413 g/mol. The van der Waals surface area contributed by atoms with Crippen LogP contribution < -0.4 is 9.64 Å². The van der Waals surface area contributed by atoms with Crippen LogP contribution in [0.4, 0.5) is 9.93 Å². The number of carbonyl (C=O) groups is 1. The zero-order valence-electron chi connectivity index (χ0n) is 13.0. The molecule has 2 amide bonds. The van der Waals surface area contributed by atoms with E-state index in [1.54, 1.807) is 7.05 Å². The molecule has 0 saturated carbocycles. The molecule has 0 radical (unpaired) electrons. The molecule has 1 N–H and O–H groups in total. The van der Waals surface area contributed by atoms with Gasteiger partial charge in [0, 0.05) is 18.8 Å². The van der Waals surface area contributed by atoms with E-state index in [1.807, 2.05) is 30.3 Å². The summed E-state index contributed by atoms with van der Waals surface area (Å²) >= 11 is 4.68. The van der Waals surface area contributed by atoms with Gasteiger partial charge in [0.15, 0.2) is 17.3 Å². The number of aliphatic hydroxyl groups excluding tert-OH is 1. The fourth-order valence-corrected chi connectivity index (χ4v) is 3.74. The van der Waals surface area contributed by atoms with E-state index in [0.29, 0.717) is 16.6 Å². The number of benzene rings is 1. The van der Waals surface area contributed by atoms with Crippen molar-refractivity contribution in [1.82, 2.24) is 15.1 Å². The number of hydrogen-bond acceptors (Lipinski definition) is 6. The highest BCUT2D eigenvalue weighted by Gasteiger charge is 2.37. The molecule has 7 nitrogen and oxygen atoms in total. The van der Waals surface area contributed by atoms with Crippen LogP contribution in [0.5, 0.6) is 5.75 Å². The summed E-state index contributed by atoms with van der Waals surface area (Å²) < 4.78 is 5.99. The largest absolute Gasteiger partial charge is 0.483 e. The first-order valence-corrected chi connectivity index (χ1v) is 9.37. The lowest BCUT2D eigenvalue weighted by Crippen LogP contribution is -2.34. The number of hydrogen-bond donors (Lipinski definition) is 1. The van der Waals surface area contributed by atoms with Gasteiger partial charge in [-0.25, -0.2) is 9.69 Å². The molecule has 3 rings (SSSR count). The molecule has 1 saturated heterocycles. The first-order chi connectivity index (χ1) is 11.6. The van der Waals surface area contributed by atoms with Crippen LogP contribution in [0.15, 0.2) is 30.3 Å². The molecule has 2 unspecified atom stereocenters. The standard InChI is InChI=1S/C15H17BrN4O3S/c1-19-9-12(21)20(15(19)22)14-18-17-13(24-14)11(7-8-16)23-10-5-3-2-4-6-10/h2-6,11-12,21H,7-9H2,1H3. The van der Waals surface area contributed by atoms with Gasteiger partial charge in [0.2, 0.25) is 5.13 Å². The van der Waals surface area contributed by atoms with Crippen LogP contribution in [0, 0.1) is 0 Å². The van der Waals surface area contributed by atoms with Crippen LogP contribution in [0.3, 0.4) is 0 Å². The smallest absolute Gasteiger partial charge is 0.328 e. The maximum Gasteiger partial charge on any atom is 0.328 e. The molecule has 1 aliphatic rings. The number of ether oxygens (including phenoxy) is 1. The van der Waals surface area contributed by atoms with Gasteiger partial charge in [0.25, 0.3) is 0 Å². The fraction of sp³-hybridized carbons (Fsp3) is 0.400. The molecular weight excluding hydrogens is 396 g/mol. The summed E-state index contributed by atoms with van der Waals surface area (Å²) in [6.07, 6.45) is -0.474. The lowest BCUT2D eigenvalue weighted by Gasteiger charge is -2.16. The minimum Gasteiger partial charge on any atom is -0.483 e. The number of aromatic nitrogens is 2. The molecule has 1 fully saturated rings. The van der Waals surface area contributed by atoms with Gasteiger partial charge < -0.3 is 14.7 Å². The number of rotatable bonds is 6. The highest BCUT2D eigenvalue weighted by Crippen LogP contribution is 2.33. The number of para-hydroxylation sites is 1. The maximum absolute atomic E-state index is 12.1. The van der Waals surface area contributed by atoms with Gasteiger partial charge in [0.1, 0.15) is 5.75 Å². The third-order valence-corrected chi connectivity index (χ3v) is 5.04. The van der Waals surface area contributed by atoms with E-state index in [9.17, 15) is 9.90 Å². The zero-order valence-corrected chi connectivity index (χ0v) is 15.4. The van der Waals surface area contributed by atoms with E-state index in [1.165, 1.54) is 21.1 Å². The molecule has 0 bridgehead atoms. The Morgan fingerprint density at radius 3 is 2.79 bits per heavy atom. The van der Waals surface area contributed by atoms with Crippen molar-refractivity contribution in [2.24, 2.45) is 0 Å². The highest BCUT2D eigenvalue weighted by molar-refractivity contribution is 9.09. The zero-order chi connectivity index (χ0) is 17.1. The van der Waals surface area contributed by atoms with Crippen LogP contribution in [-0.2, 0) is 0 Å². The Morgan fingerprint density at radius 2 is 2.17 bits per heavy atom. The topological polar surface area (TPSA) is 78.8 Å². The highest BCUT2D eigenvalue weighted by atomic mass is 79.9. The lowest BCUT2D eigenvalue weighted by molar-refractivity contribution is 0.183. The number of alkyl halides is 1. The normalized spacial score (nSPS) is 19.0. The summed E-state index contributed by atoms with van der Waals surface area (Å²) in [5.41, 5.74) is 0. The van der Waals surface area contributed by atoms with Crippen molar-refractivity contribution >= 4 is 38.4 Å². The van der Waals surface area contributed by atoms with Crippen LogP contribution in [0.1, 0.15) is 17.5 Å².